The van der Waals surface area contributed by atoms with Gasteiger partial charge >= 0.3 is 0 Å². The van der Waals surface area contributed by atoms with E-state index in [4.69, 9.17) is 0 Å². The zero-order valence-corrected chi connectivity index (χ0v) is 14.7. The summed E-state index contributed by atoms with van der Waals surface area (Å²) >= 11 is 0. The first kappa shape index (κ1) is 19.3. The third-order valence-corrected chi connectivity index (χ3v) is 5.13. The minimum atomic E-state index is -1.38. The molecular weight excluding hydrogens is 319 g/mol. The van der Waals surface area contributed by atoms with Crippen LogP contribution in [0, 0.1) is 12.7 Å². The average molecular weight is 342 g/mol. The minimum absolute atomic E-state index is 0.0331. The van der Waals surface area contributed by atoms with Gasteiger partial charge in [0.1, 0.15) is 11.1 Å². The van der Waals surface area contributed by atoms with Gasteiger partial charge in [0.05, 0.1) is 0 Å². The number of rotatable bonds is 7. The number of hydrogen-bond acceptors (Lipinski definition) is 3. The molecule has 0 aliphatic heterocycles. The maximum absolute atomic E-state index is 13.4. The van der Waals surface area contributed by atoms with Crippen molar-refractivity contribution in [3.8, 4) is 0 Å². The smallest absolute Gasteiger partial charge is 0.239 e. The molecule has 0 aliphatic rings. The van der Waals surface area contributed by atoms with Crippen LogP contribution in [0.4, 0.5) is 10.1 Å². The van der Waals surface area contributed by atoms with Crippen molar-refractivity contribution in [2.24, 2.45) is 0 Å². The lowest BCUT2D eigenvalue weighted by Gasteiger charge is -2.13. The Kier molecular flexibility index (Phi) is 7.35. The summed E-state index contributed by atoms with van der Waals surface area (Å²) in [6.45, 7) is 3.19. The van der Waals surface area contributed by atoms with Gasteiger partial charge in [0.15, 0.2) is 0 Å². The topological polar surface area (TPSA) is 66.5 Å². The van der Waals surface area contributed by atoms with Crippen molar-refractivity contribution in [1.82, 2.24) is 4.90 Å². The molecule has 0 aromatic heterocycles. The number of halogens is 1. The summed E-state index contributed by atoms with van der Waals surface area (Å²) in [6.07, 6.45) is 0.761. The first-order valence-electron chi connectivity index (χ1n) is 7.36. The van der Waals surface area contributed by atoms with Crippen molar-refractivity contribution >= 4 is 28.3 Å². The largest absolute Gasteiger partial charge is 0.349 e. The number of hydrogen-bond donors (Lipinski definition) is 1. The van der Waals surface area contributed by atoms with E-state index >= 15 is 0 Å². The average Bonchev–Trinajstić information content (AvgIpc) is 2.49. The Morgan fingerprint density at radius 3 is 2.57 bits per heavy atom. The van der Waals surface area contributed by atoms with Gasteiger partial charge in [0.2, 0.25) is 11.8 Å². The van der Waals surface area contributed by atoms with E-state index in [1.165, 1.54) is 11.0 Å². The molecule has 0 unspecified atom stereocenters. The molecule has 128 valence electrons. The second-order valence-corrected chi connectivity index (χ2v) is 7.45. The van der Waals surface area contributed by atoms with Crippen LogP contribution in [0.25, 0.3) is 0 Å². The van der Waals surface area contributed by atoms with Gasteiger partial charge < -0.3 is 10.2 Å². The molecule has 5 nitrogen and oxygen atoms in total. The number of nitrogens with one attached hydrogen (secondary N) is 1. The molecule has 0 heterocycles. The van der Waals surface area contributed by atoms with Crippen LogP contribution in [0.1, 0.15) is 25.3 Å². The van der Waals surface area contributed by atoms with Gasteiger partial charge in [0, 0.05) is 42.8 Å². The van der Waals surface area contributed by atoms with Crippen molar-refractivity contribution in [2.75, 3.05) is 25.2 Å². The fourth-order valence-electron chi connectivity index (χ4n) is 1.80. The summed E-state index contributed by atoms with van der Waals surface area (Å²) in [4.78, 5) is 25.0. The summed E-state index contributed by atoms with van der Waals surface area (Å²) in [6, 6.07) is 4.40. The van der Waals surface area contributed by atoms with Crippen molar-refractivity contribution < 1.29 is 18.2 Å². The summed E-state index contributed by atoms with van der Waals surface area (Å²) in [5.74, 6) is -0.588. The van der Waals surface area contributed by atoms with Gasteiger partial charge in [-0.1, -0.05) is 6.07 Å². The zero-order valence-electron chi connectivity index (χ0n) is 13.9. The van der Waals surface area contributed by atoms with Crippen LogP contribution in [0.5, 0.6) is 0 Å². The summed E-state index contributed by atoms with van der Waals surface area (Å²) < 4.78 is 25.5. The van der Waals surface area contributed by atoms with Gasteiger partial charge in [-0.05, 0) is 38.0 Å². The van der Waals surface area contributed by atoms with E-state index in [1.807, 2.05) is 0 Å². The van der Waals surface area contributed by atoms with E-state index in [0.29, 0.717) is 24.1 Å². The lowest BCUT2D eigenvalue weighted by atomic mass is 10.2. The first-order chi connectivity index (χ1) is 10.7. The van der Waals surface area contributed by atoms with Gasteiger partial charge in [-0.25, -0.2) is 4.39 Å². The number of aryl methyl sites for hydroxylation is 1. The number of anilines is 1. The van der Waals surface area contributed by atoms with E-state index in [1.54, 1.807) is 40.1 Å². The van der Waals surface area contributed by atoms with E-state index in [-0.39, 0.29) is 11.7 Å². The highest BCUT2D eigenvalue weighted by atomic mass is 32.2. The maximum atomic E-state index is 13.4. The molecule has 1 N–H and O–H groups in total. The summed E-state index contributed by atoms with van der Waals surface area (Å²) in [7, 11) is 1.94. The van der Waals surface area contributed by atoms with Crippen LogP contribution in [0.15, 0.2) is 18.2 Å². The Balaban J connectivity index is 2.50. The second-order valence-electron chi connectivity index (χ2n) is 5.57. The van der Waals surface area contributed by atoms with E-state index in [2.05, 4.69) is 5.32 Å². The lowest BCUT2D eigenvalue weighted by Crippen LogP contribution is -2.30. The van der Waals surface area contributed by atoms with Gasteiger partial charge in [-0.2, -0.15) is 0 Å². The van der Waals surface area contributed by atoms with Crippen LogP contribution in [0.2, 0.25) is 0 Å². The highest BCUT2D eigenvalue weighted by molar-refractivity contribution is 7.86. The molecule has 1 rings (SSSR count). The molecule has 0 saturated heterocycles. The van der Waals surface area contributed by atoms with Crippen molar-refractivity contribution in [3.63, 3.8) is 0 Å². The number of amides is 2. The fraction of sp³-hybridized carbons (Fsp3) is 0.500. The molecule has 0 bridgehead atoms. The van der Waals surface area contributed by atoms with Crippen LogP contribution < -0.4 is 5.32 Å². The highest BCUT2D eigenvalue weighted by Crippen LogP contribution is 2.14. The SMILES string of the molecule is Cc1ccc(NC(=O)[C@H](C)[S@](=O)CCCC(=O)N(C)C)cc1F. The second kappa shape index (κ2) is 8.76. The molecule has 2 atom stereocenters. The Bertz CT molecular complexity index is 605. The number of benzene rings is 1. The molecule has 1 aromatic rings. The Morgan fingerprint density at radius 1 is 1.35 bits per heavy atom. The molecule has 0 aliphatic carbocycles. The van der Waals surface area contributed by atoms with Crippen LogP contribution in [0.3, 0.4) is 0 Å². The van der Waals surface area contributed by atoms with Gasteiger partial charge in [-0.15, -0.1) is 0 Å². The number of carbonyl (C=O) groups is 2. The van der Waals surface area contributed by atoms with E-state index in [0.717, 1.165) is 0 Å². The first-order valence-corrected chi connectivity index (χ1v) is 8.75. The third kappa shape index (κ3) is 6.09. The quantitative estimate of drug-likeness (QED) is 0.825. The molecule has 7 heteroatoms. The summed E-state index contributed by atoms with van der Waals surface area (Å²) in [5.41, 5.74) is 0.829. The molecule has 0 fully saturated rings. The van der Waals surface area contributed by atoms with Crippen LogP contribution in [-0.2, 0) is 20.4 Å². The molecule has 2 amide bonds. The number of carbonyl (C=O) groups excluding carboxylic acids is 2. The third-order valence-electron chi connectivity index (χ3n) is 3.44. The molecule has 23 heavy (non-hydrogen) atoms. The molecule has 0 saturated carbocycles. The van der Waals surface area contributed by atoms with Crippen molar-refractivity contribution in [1.29, 1.82) is 0 Å². The Hall–Kier alpha value is -1.76. The van der Waals surface area contributed by atoms with Crippen molar-refractivity contribution in [3.05, 3.63) is 29.6 Å². The number of nitrogens with zero attached hydrogens (tertiary/aromatic N) is 1. The minimum Gasteiger partial charge on any atom is -0.349 e. The highest BCUT2D eigenvalue weighted by Gasteiger charge is 2.20. The molecule has 0 spiro atoms. The van der Waals surface area contributed by atoms with E-state index in [9.17, 15) is 18.2 Å². The monoisotopic (exact) mass is 342 g/mol. The van der Waals surface area contributed by atoms with Gasteiger partial charge in [-0.3, -0.25) is 13.8 Å². The molecule has 0 radical (unpaired) electrons. The summed E-state index contributed by atoms with van der Waals surface area (Å²) in [5, 5.41) is 1.83. The van der Waals surface area contributed by atoms with Crippen molar-refractivity contribution in [2.45, 2.75) is 31.9 Å². The van der Waals surface area contributed by atoms with Crippen LogP contribution in [-0.4, -0.2) is 46.0 Å². The zero-order chi connectivity index (χ0) is 17.6. The Labute approximate surface area is 138 Å². The lowest BCUT2D eigenvalue weighted by molar-refractivity contribution is -0.128. The standard InChI is InChI=1S/C16H23FN2O3S/c1-11-7-8-13(10-14(11)17)18-16(21)12(2)23(22)9-5-6-15(20)19(3)4/h7-8,10,12H,5-6,9H2,1-4H3,(H,18,21)/t12-,23+/m0/s1. The maximum Gasteiger partial charge on any atom is 0.239 e. The Morgan fingerprint density at radius 2 is 2.00 bits per heavy atom. The predicted molar refractivity (Wildman–Crippen MR) is 90.2 cm³/mol. The normalized spacial score (nSPS) is 13.3. The molecular formula is C16H23FN2O3S. The van der Waals surface area contributed by atoms with Crippen LogP contribution >= 0.6 is 0 Å². The molecule has 1 aromatic carbocycles. The van der Waals surface area contributed by atoms with Gasteiger partial charge in [0.25, 0.3) is 0 Å². The fourth-order valence-corrected chi connectivity index (χ4v) is 2.88. The van der Waals surface area contributed by atoms with E-state index < -0.39 is 27.8 Å². The predicted octanol–water partition coefficient (Wildman–Crippen LogP) is 2.08.